The highest BCUT2D eigenvalue weighted by Gasteiger charge is 2.34. The van der Waals surface area contributed by atoms with Gasteiger partial charge in [-0.2, -0.15) is 0 Å². The number of furan rings is 1. The number of nitro benzene ring substituents is 1. The van der Waals surface area contributed by atoms with Gasteiger partial charge in [0.15, 0.2) is 5.11 Å². The van der Waals surface area contributed by atoms with Gasteiger partial charge in [-0.05, 0) is 60.8 Å². The highest BCUT2D eigenvalue weighted by molar-refractivity contribution is 9.10. The zero-order chi connectivity index (χ0) is 22.1. The molecule has 4 rings (SSSR count). The second kappa shape index (κ2) is 8.25. The number of anilines is 1. The van der Waals surface area contributed by atoms with Gasteiger partial charge in [0.25, 0.3) is 17.5 Å². The monoisotopic (exact) mass is 497 g/mol. The number of benzene rings is 2. The minimum absolute atomic E-state index is 0.0329. The molecule has 1 saturated heterocycles. The third-order valence-electron chi connectivity index (χ3n) is 4.47. The van der Waals surface area contributed by atoms with Crippen LogP contribution in [0.5, 0.6) is 0 Å². The molecule has 2 aromatic carbocycles. The fourth-order valence-corrected chi connectivity index (χ4v) is 3.59. The molecule has 0 atom stereocenters. The third-order valence-corrected chi connectivity index (χ3v) is 5.28. The van der Waals surface area contributed by atoms with Crippen molar-refractivity contribution in [2.75, 3.05) is 4.90 Å². The average Bonchev–Trinajstić information content (AvgIpc) is 3.21. The van der Waals surface area contributed by atoms with Gasteiger partial charge < -0.3 is 4.42 Å². The maximum atomic E-state index is 13.0. The Bertz CT molecular complexity index is 1270. The van der Waals surface area contributed by atoms with Gasteiger partial charge in [0, 0.05) is 10.5 Å². The van der Waals surface area contributed by atoms with E-state index in [2.05, 4.69) is 21.2 Å². The van der Waals surface area contributed by atoms with E-state index in [9.17, 15) is 19.7 Å². The first-order chi connectivity index (χ1) is 14.8. The van der Waals surface area contributed by atoms with E-state index in [4.69, 9.17) is 16.6 Å². The molecule has 1 fully saturated rings. The average molecular weight is 498 g/mol. The lowest BCUT2D eigenvalue weighted by atomic mass is 10.1. The van der Waals surface area contributed by atoms with Crippen molar-refractivity contribution in [3.8, 4) is 11.3 Å². The molecule has 154 valence electrons. The third kappa shape index (κ3) is 4.03. The van der Waals surface area contributed by atoms with E-state index in [1.54, 1.807) is 42.5 Å². The van der Waals surface area contributed by atoms with Crippen molar-refractivity contribution in [2.45, 2.75) is 0 Å². The molecule has 0 spiro atoms. The van der Waals surface area contributed by atoms with Crippen molar-refractivity contribution in [3.05, 3.63) is 86.6 Å². The molecule has 2 amide bonds. The molecule has 0 bridgehead atoms. The van der Waals surface area contributed by atoms with E-state index in [1.807, 2.05) is 0 Å². The minimum Gasteiger partial charge on any atom is -0.456 e. The summed E-state index contributed by atoms with van der Waals surface area (Å²) in [5.74, 6) is -0.843. The maximum Gasteiger partial charge on any atom is 0.280 e. The van der Waals surface area contributed by atoms with Crippen molar-refractivity contribution in [3.63, 3.8) is 0 Å². The first-order valence-electron chi connectivity index (χ1n) is 8.86. The second-order valence-corrected chi connectivity index (χ2v) is 7.71. The number of amides is 2. The van der Waals surface area contributed by atoms with Crippen LogP contribution >= 0.6 is 28.1 Å². The van der Waals surface area contributed by atoms with Crippen molar-refractivity contribution < 1.29 is 18.9 Å². The Morgan fingerprint density at radius 2 is 1.77 bits per heavy atom. The largest absolute Gasteiger partial charge is 0.456 e. The van der Waals surface area contributed by atoms with Gasteiger partial charge >= 0.3 is 0 Å². The van der Waals surface area contributed by atoms with Gasteiger partial charge in [0.05, 0.1) is 16.2 Å². The summed E-state index contributed by atoms with van der Waals surface area (Å²) in [6.07, 6.45) is 1.28. The summed E-state index contributed by atoms with van der Waals surface area (Å²) in [5.41, 5.74) is 0.479. The van der Waals surface area contributed by atoms with Crippen LogP contribution in [-0.4, -0.2) is 21.9 Å². The van der Waals surface area contributed by atoms with Crippen LogP contribution in [0.1, 0.15) is 5.76 Å². The van der Waals surface area contributed by atoms with Crippen LogP contribution in [-0.2, 0) is 9.59 Å². The number of hydrogen-bond acceptors (Lipinski definition) is 6. The van der Waals surface area contributed by atoms with E-state index in [0.29, 0.717) is 5.69 Å². The lowest BCUT2D eigenvalue weighted by Gasteiger charge is -2.28. The Morgan fingerprint density at radius 3 is 2.48 bits per heavy atom. The lowest BCUT2D eigenvalue weighted by molar-refractivity contribution is -0.384. The maximum absolute atomic E-state index is 13.0. The van der Waals surface area contributed by atoms with Crippen LogP contribution in [0.3, 0.4) is 0 Å². The molecule has 0 aliphatic carbocycles. The summed E-state index contributed by atoms with van der Waals surface area (Å²) < 4.78 is 6.50. The topological polar surface area (TPSA) is 106 Å². The van der Waals surface area contributed by atoms with Crippen LogP contribution in [0.15, 0.2) is 75.1 Å². The molecule has 10 heteroatoms. The summed E-state index contributed by atoms with van der Waals surface area (Å²) in [5, 5.41) is 13.7. The molecule has 3 aromatic rings. The molecule has 1 aromatic heterocycles. The molecular formula is C21H12BrN3O5S. The number of halogens is 1. The van der Waals surface area contributed by atoms with Crippen LogP contribution in [0.4, 0.5) is 11.4 Å². The van der Waals surface area contributed by atoms with Gasteiger partial charge in [0.1, 0.15) is 17.1 Å². The number of hydrogen-bond donors (Lipinski definition) is 1. The van der Waals surface area contributed by atoms with Gasteiger partial charge in [-0.15, -0.1) is 0 Å². The standard InChI is InChI=1S/C21H12BrN3O5S/c22-12-5-7-13(8-6-12)24-20(27)16(19(26)23-21(24)31)11-14-9-10-18(30-14)15-3-1-2-4-17(15)25(28)29/h1-11H,(H,23,26,31). The SMILES string of the molecule is O=C1NC(=S)N(c2ccc(Br)cc2)C(=O)C1=Cc1ccc(-c2ccccc2[N+](=O)[O-])o1. The van der Waals surface area contributed by atoms with Crippen LogP contribution in [0.25, 0.3) is 17.4 Å². The molecule has 2 heterocycles. The Balaban J connectivity index is 1.69. The lowest BCUT2D eigenvalue weighted by Crippen LogP contribution is -2.54. The van der Waals surface area contributed by atoms with Gasteiger partial charge in [0.2, 0.25) is 0 Å². The van der Waals surface area contributed by atoms with Crippen molar-refractivity contribution >= 4 is 62.5 Å². The van der Waals surface area contributed by atoms with Crippen LogP contribution in [0.2, 0.25) is 0 Å². The van der Waals surface area contributed by atoms with Gasteiger partial charge in [-0.25, -0.2) is 0 Å². The first-order valence-corrected chi connectivity index (χ1v) is 10.1. The molecule has 1 N–H and O–H groups in total. The molecule has 0 unspecified atom stereocenters. The van der Waals surface area contributed by atoms with Crippen molar-refractivity contribution in [2.24, 2.45) is 0 Å². The number of nitrogens with zero attached hydrogens (tertiary/aromatic N) is 2. The number of carbonyl (C=O) groups is 2. The summed E-state index contributed by atoms with van der Waals surface area (Å²) in [7, 11) is 0. The van der Waals surface area contributed by atoms with E-state index < -0.39 is 16.7 Å². The predicted octanol–water partition coefficient (Wildman–Crippen LogP) is 4.45. The number of rotatable bonds is 4. The highest BCUT2D eigenvalue weighted by Crippen LogP contribution is 2.32. The molecule has 1 aliphatic heterocycles. The van der Waals surface area contributed by atoms with Gasteiger partial charge in [-0.3, -0.25) is 29.9 Å². The fraction of sp³-hybridized carbons (Fsp3) is 0. The zero-order valence-electron chi connectivity index (χ0n) is 15.6. The molecule has 8 nitrogen and oxygen atoms in total. The second-order valence-electron chi connectivity index (χ2n) is 6.41. The van der Waals surface area contributed by atoms with Crippen molar-refractivity contribution in [1.29, 1.82) is 0 Å². The normalized spacial score (nSPS) is 15.3. The van der Waals surface area contributed by atoms with Crippen molar-refractivity contribution in [1.82, 2.24) is 5.32 Å². The first kappa shape index (κ1) is 20.6. The summed E-state index contributed by atoms with van der Waals surface area (Å²) in [6, 6.07) is 16.0. The quantitative estimate of drug-likeness (QED) is 0.187. The summed E-state index contributed by atoms with van der Waals surface area (Å²) in [6.45, 7) is 0. The Hall–Kier alpha value is -3.63. The number of para-hydroxylation sites is 1. The van der Waals surface area contributed by atoms with E-state index in [0.717, 1.165) is 4.47 Å². The molecule has 0 saturated carbocycles. The number of nitro groups is 1. The predicted molar refractivity (Wildman–Crippen MR) is 121 cm³/mol. The highest BCUT2D eigenvalue weighted by atomic mass is 79.9. The van der Waals surface area contributed by atoms with Crippen LogP contribution < -0.4 is 10.2 Å². The molecule has 31 heavy (non-hydrogen) atoms. The number of nitrogens with one attached hydrogen (secondary N) is 1. The fourth-order valence-electron chi connectivity index (χ4n) is 3.04. The minimum atomic E-state index is -0.660. The summed E-state index contributed by atoms with van der Waals surface area (Å²) in [4.78, 5) is 37.4. The van der Waals surface area contributed by atoms with Gasteiger partial charge in [-0.1, -0.05) is 28.1 Å². The van der Waals surface area contributed by atoms with E-state index in [-0.39, 0.29) is 33.5 Å². The van der Waals surface area contributed by atoms with Crippen LogP contribution in [0, 0.1) is 10.1 Å². The van der Waals surface area contributed by atoms with E-state index in [1.165, 1.54) is 29.2 Å². The Kier molecular flexibility index (Phi) is 5.49. The Labute approximate surface area is 189 Å². The van der Waals surface area contributed by atoms with E-state index >= 15 is 0 Å². The Morgan fingerprint density at radius 1 is 1.06 bits per heavy atom. The number of thiocarbonyl (C=S) groups is 1. The molecule has 1 aliphatic rings. The molecular weight excluding hydrogens is 486 g/mol. The number of carbonyl (C=O) groups excluding carboxylic acids is 2. The summed E-state index contributed by atoms with van der Waals surface area (Å²) >= 11 is 8.50. The smallest absolute Gasteiger partial charge is 0.280 e. The molecule has 0 radical (unpaired) electrons. The zero-order valence-corrected chi connectivity index (χ0v) is 18.0.